The average molecular weight is 328 g/mol. The molecule has 1 aliphatic heterocycles. The number of hydrogen-bond donors (Lipinski definition) is 1. The van der Waals surface area contributed by atoms with Crippen LogP contribution in [-0.4, -0.2) is 34.8 Å². The summed E-state index contributed by atoms with van der Waals surface area (Å²) in [5.41, 5.74) is 2.37. The van der Waals surface area contributed by atoms with E-state index in [-0.39, 0.29) is 6.10 Å². The summed E-state index contributed by atoms with van der Waals surface area (Å²) in [6.45, 7) is 3.39. The van der Waals surface area contributed by atoms with Crippen molar-refractivity contribution in [1.82, 2.24) is 15.1 Å². The van der Waals surface area contributed by atoms with Crippen molar-refractivity contribution in [1.29, 1.82) is 0 Å². The summed E-state index contributed by atoms with van der Waals surface area (Å²) in [6.07, 6.45) is 3.82. The number of aromatic amines is 1. The van der Waals surface area contributed by atoms with Crippen molar-refractivity contribution < 1.29 is 4.74 Å². The van der Waals surface area contributed by atoms with Crippen molar-refractivity contribution in [2.45, 2.75) is 12.6 Å². The quantitative estimate of drug-likeness (QED) is 0.795. The molecule has 3 aromatic rings. The number of rotatable bonds is 3. The number of H-pyrrole nitrogens is 1. The van der Waals surface area contributed by atoms with Crippen LogP contribution in [-0.2, 0) is 11.3 Å². The molecule has 4 rings (SSSR count). The second kappa shape index (κ2) is 6.32. The van der Waals surface area contributed by atoms with Gasteiger partial charge in [-0.15, -0.1) is 0 Å². The highest BCUT2D eigenvalue weighted by Gasteiger charge is 2.23. The maximum absolute atomic E-state index is 6.30. The van der Waals surface area contributed by atoms with Gasteiger partial charge in [-0.05, 0) is 28.5 Å². The number of halogens is 1. The van der Waals surface area contributed by atoms with Gasteiger partial charge in [-0.25, -0.2) is 0 Å². The van der Waals surface area contributed by atoms with Crippen LogP contribution in [0.5, 0.6) is 0 Å². The maximum Gasteiger partial charge on any atom is 0.0982 e. The van der Waals surface area contributed by atoms with Crippen LogP contribution in [0.25, 0.3) is 10.8 Å². The smallest absolute Gasteiger partial charge is 0.0982 e. The third kappa shape index (κ3) is 3.11. The number of benzene rings is 2. The van der Waals surface area contributed by atoms with Gasteiger partial charge in [-0.3, -0.25) is 10.00 Å². The van der Waals surface area contributed by atoms with Crippen LogP contribution in [0.15, 0.2) is 48.8 Å². The third-order valence-corrected chi connectivity index (χ3v) is 4.57. The molecular formula is C18H18ClN3O. The van der Waals surface area contributed by atoms with E-state index in [0.717, 1.165) is 36.8 Å². The fourth-order valence-electron chi connectivity index (χ4n) is 3.21. The van der Waals surface area contributed by atoms with E-state index >= 15 is 0 Å². The van der Waals surface area contributed by atoms with Crippen LogP contribution in [0.4, 0.5) is 0 Å². The average Bonchev–Trinajstić information content (AvgIpc) is 3.09. The maximum atomic E-state index is 6.30. The van der Waals surface area contributed by atoms with Crippen molar-refractivity contribution in [2.24, 2.45) is 0 Å². The number of ether oxygens (including phenoxy) is 1. The Balaban J connectivity index is 1.58. The Morgan fingerprint density at radius 1 is 1.30 bits per heavy atom. The second-order valence-corrected chi connectivity index (χ2v) is 6.35. The van der Waals surface area contributed by atoms with Gasteiger partial charge in [0.05, 0.1) is 18.9 Å². The van der Waals surface area contributed by atoms with E-state index in [1.54, 1.807) is 0 Å². The lowest BCUT2D eigenvalue weighted by Crippen LogP contribution is -2.37. The first-order valence-corrected chi connectivity index (χ1v) is 8.17. The molecule has 23 heavy (non-hydrogen) atoms. The predicted molar refractivity (Wildman–Crippen MR) is 91.5 cm³/mol. The first kappa shape index (κ1) is 14.7. The molecule has 0 amide bonds. The van der Waals surface area contributed by atoms with Crippen LogP contribution < -0.4 is 0 Å². The monoisotopic (exact) mass is 327 g/mol. The SMILES string of the molecule is Clc1cc(CN2CCOC(c3cn[nH]c3)C2)c2ccccc2c1. The lowest BCUT2D eigenvalue weighted by atomic mass is 10.0. The van der Waals surface area contributed by atoms with Crippen LogP contribution in [0, 0.1) is 0 Å². The van der Waals surface area contributed by atoms with E-state index < -0.39 is 0 Å². The Bertz CT molecular complexity index is 803. The molecule has 0 radical (unpaired) electrons. The first-order valence-electron chi connectivity index (χ1n) is 7.79. The van der Waals surface area contributed by atoms with Gasteiger partial charge in [-0.2, -0.15) is 5.10 Å². The largest absolute Gasteiger partial charge is 0.371 e. The standard InChI is InChI=1S/C18H18ClN3O/c19-16-7-13-3-1-2-4-17(13)14(8-16)11-22-5-6-23-18(12-22)15-9-20-21-10-15/h1-4,7-10,18H,5-6,11-12H2,(H,20,21). The van der Waals surface area contributed by atoms with Gasteiger partial charge >= 0.3 is 0 Å². The molecule has 1 aliphatic rings. The van der Waals surface area contributed by atoms with Crippen LogP contribution in [0.3, 0.4) is 0 Å². The number of nitrogens with one attached hydrogen (secondary N) is 1. The van der Waals surface area contributed by atoms with Gasteiger partial charge in [0.1, 0.15) is 0 Å². The molecule has 0 bridgehead atoms. The highest BCUT2D eigenvalue weighted by Crippen LogP contribution is 2.27. The lowest BCUT2D eigenvalue weighted by molar-refractivity contribution is -0.0327. The van der Waals surface area contributed by atoms with Crippen LogP contribution in [0.1, 0.15) is 17.2 Å². The molecule has 1 aromatic heterocycles. The van der Waals surface area contributed by atoms with Crippen molar-refractivity contribution in [3.8, 4) is 0 Å². The molecule has 1 N–H and O–H groups in total. The Morgan fingerprint density at radius 3 is 3.09 bits per heavy atom. The van der Waals surface area contributed by atoms with Gasteiger partial charge in [0.25, 0.3) is 0 Å². The summed E-state index contributed by atoms with van der Waals surface area (Å²) in [5.74, 6) is 0. The summed E-state index contributed by atoms with van der Waals surface area (Å²) >= 11 is 6.30. The molecule has 4 nitrogen and oxygen atoms in total. The summed E-state index contributed by atoms with van der Waals surface area (Å²) in [7, 11) is 0. The van der Waals surface area contributed by atoms with Gasteiger partial charge in [-0.1, -0.05) is 35.9 Å². The third-order valence-electron chi connectivity index (χ3n) is 4.35. The molecule has 1 fully saturated rings. The summed E-state index contributed by atoms with van der Waals surface area (Å²) in [5, 5.41) is 10.1. The topological polar surface area (TPSA) is 41.1 Å². The van der Waals surface area contributed by atoms with E-state index in [2.05, 4.69) is 39.4 Å². The Morgan fingerprint density at radius 2 is 2.22 bits per heavy atom. The Labute approximate surface area is 140 Å². The number of hydrogen-bond acceptors (Lipinski definition) is 3. The molecule has 0 saturated carbocycles. The van der Waals surface area contributed by atoms with Crippen molar-refractivity contribution in [3.05, 3.63) is 64.9 Å². The molecule has 2 aromatic carbocycles. The molecule has 0 aliphatic carbocycles. The number of nitrogens with zero attached hydrogens (tertiary/aromatic N) is 2. The zero-order valence-electron chi connectivity index (χ0n) is 12.7. The molecule has 118 valence electrons. The number of aromatic nitrogens is 2. The minimum atomic E-state index is 0.0768. The van der Waals surface area contributed by atoms with Gasteiger partial charge < -0.3 is 4.74 Å². The predicted octanol–water partition coefficient (Wildman–Crippen LogP) is 3.79. The van der Waals surface area contributed by atoms with Crippen molar-refractivity contribution >= 4 is 22.4 Å². The Kier molecular flexibility index (Phi) is 4.04. The zero-order valence-corrected chi connectivity index (χ0v) is 13.5. The minimum absolute atomic E-state index is 0.0768. The highest BCUT2D eigenvalue weighted by atomic mass is 35.5. The van der Waals surface area contributed by atoms with E-state index in [4.69, 9.17) is 16.3 Å². The fourth-order valence-corrected chi connectivity index (χ4v) is 3.46. The number of morpholine rings is 1. The van der Waals surface area contributed by atoms with Crippen molar-refractivity contribution in [3.63, 3.8) is 0 Å². The van der Waals surface area contributed by atoms with Crippen LogP contribution >= 0.6 is 11.6 Å². The highest BCUT2D eigenvalue weighted by molar-refractivity contribution is 6.31. The molecule has 1 atom stereocenters. The molecular weight excluding hydrogens is 310 g/mol. The minimum Gasteiger partial charge on any atom is -0.371 e. The summed E-state index contributed by atoms with van der Waals surface area (Å²) in [4.78, 5) is 2.42. The van der Waals surface area contributed by atoms with Crippen molar-refractivity contribution in [2.75, 3.05) is 19.7 Å². The summed E-state index contributed by atoms with van der Waals surface area (Å²) < 4.78 is 5.87. The second-order valence-electron chi connectivity index (χ2n) is 5.91. The molecule has 1 saturated heterocycles. The van der Waals surface area contributed by atoms with Gasteiger partial charge in [0, 0.05) is 36.4 Å². The lowest BCUT2D eigenvalue weighted by Gasteiger charge is -2.32. The molecule has 1 unspecified atom stereocenters. The van der Waals surface area contributed by atoms with E-state index in [0.29, 0.717) is 0 Å². The molecule has 5 heteroatoms. The zero-order chi connectivity index (χ0) is 15.6. The van der Waals surface area contributed by atoms with E-state index in [9.17, 15) is 0 Å². The fraction of sp³-hybridized carbons (Fsp3) is 0.278. The van der Waals surface area contributed by atoms with E-state index in [1.807, 2.05) is 24.5 Å². The first-order chi connectivity index (χ1) is 11.3. The van der Waals surface area contributed by atoms with Gasteiger partial charge in [0.15, 0.2) is 0 Å². The molecule has 2 heterocycles. The van der Waals surface area contributed by atoms with Gasteiger partial charge in [0.2, 0.25) is 0 Å². The van der Waals surface area contributed by atoms with Crippen LogP contribution in [0.2, 0.25) is 5.02 Å². The number of fused-ring (bicyclic) bond motifs is 1. The normalized spacial score (nSPS) is 19.3. The Hall–Kier alpha value is -1.88. The summed E-state index contributed by atoms with van der Waals surface area (Å²) in [6, 6.07) is 12.5. The van der Waals surface area contributed by atoms with E-state index in [1.165, 1.54) is 16.3 Å². The molecule has 0 spiro atoms.